The number of hydrogen-bond acceptors (Lipinski definition) is 3. The lowest BCUT2D eigenvalue weighted by Crippen LogP contribution is -2.44. The zero-order chi connectivity index (χ0) is 7.84. The van der Waals surface area contributed by atoms with E-state index in [2.05, 4.69) is 15.3 Å². The average molecular weight is 166 g/mol. The van der Waals surface area contributed by atoms with Gasteiger partial charge in [-0.25, -0.2) is 9.98 Å². The topological polar surface area (TPSA) is 62.8 Å². The summed E-state index contributed by atoms with van der Waals surface area (Å²) in [6.07, 6.45) is 3.58. The number of hydrogen-bond donors (Lipinski definition) is 2. The van der Waals surface area contributed by atoms with E-state index in [0.29, 0.717) is 10.9 Å². The highest BCUT2D eigenvalue weighted by Crippen LogP contribution is 2.12. The van der Waals surface area contributed by atoms with Crippen LogP contribution in [-0.2, 0) is 0 Å². The first-order valence-electron chi connectivity index (χ1n) is 3.17. The summed E-state index contributed by atoms with van der Waals surface area (Å²) in [5.41, 5.74) is 5.60. The maximum Gasteiger partial charge on any atom is 0.199 e. The van der Waals surface area contributed by atoms with Gasteiger partial charge in [0.05, 0.1) is 5.92 Å². The number of thiocarbonyl (C=S) groups is 1. The Morgan fingerprint density at radius 1 is 1.64 bits per heavy atom. The molecule has 5 heteroatoms. The van der Waals surface area contributed by atoms with Crippen molar-refractivity contribution in [1.29, 1.82) is 0 Å². The molecule has 2 aliphatic heterocycles. The summed E-state index contributed by atoms with van der Waals surface area (Å²) in [5.74, 6) is 1.31. The minimum Gasteiger partial charge on any atom is -0.386 e. The van der Waals surface area contributed by atoms with Gasteiger partial charge in [-0.3, -0.25) is 0 Å². The molecule has 2 aliphatic rings. The van der Waals surface area contributed by atoms with Gasteiger partial charge in [0, 0.05) is 6.20 Å². The van der Waals surface area contributed by atoms with E-state index < -0.39 is 0 Å². The molecule has 0 fully saturated rings. The normalized spacial score (nSPS) is 27.3. The zero-order valence-electron chi connectivity index (χ0n) is 5.61. The van der Waals surface area contributed by atoms with Crippen molar-refractivity contribution < 1.29 is 0 Å². The lowest BCUT2D eigenvalue weighted by molar-refractivity contribution is 1.09. The van der Waals surface area contributed by atoms with Gasteiger partial charge in [-0.15, -0.1) is 0 Å². The van der Waals surface area contributed by atoms with Crippen LogP contribution in [0, 0.1) is 5.92 Å². The van der Waals surface area contributed by atoms with Crippen molar-refractivity contribution >= 4 is 29.0 Å². The van der Waals surface area contributed by atoms with Crippen LogP contribution in [0.25, 0.3) is 0 Å². The molecule has 0 aromatic heterocycles. The standard InChI is InChI=1S/C6H6N4S/c7-4-3-1-2-8-5(3)10-6(11)9-4/h1-3H,(H3,7,8,9,10,11)/t3-/m1/s1. The summed E-state index contributed by atoms with van der Waals surface area (Å²) in [7, 11) is 0. The third-order valence-electron chi connectivity index (χ3n) is 1.57. The van der Waals surface area contributed by atoms with Crippen molar-refractivity contribution in [2.24, 2.45) is 21.6 Å². The molecule has 2 rings (SSSR count). The van der Waals surface area contributed by atoms with Gasteiger partial charge in [-0.1, -0.05) is 0 Å². The minimum atomic E-state index is 0.0155. The molecule has 0 bridgehead atoms. The van der Waals surface area contributed by atoms with Gasteiger partial charge < -0.3 is 11.1 Å². The van der Waals surface area contributed by atoms with E-state index in [1.165, 1.54) is 0 Å². The second-order valence-corrected chi connectivity index (χ2v) is 2.69. The lowest BCUT2D eigenvalue weighted by Gasteiger charge is -2.17. The first-order chi connectivity index (χ1) is 5.27. The van der Waals surface area contributed by atoms with Gasteiger partial charge >= 0.3 is 0 Å². The van der Waals surface area contributed by atoms with Crippen LogP contribution in [0.2, 0.25) is 0 Å². The molecule has 0 aromatic rings. The zero-order valence-corrected chi connectivity index (χ0v) is 6.43. The average Bonchev–Trinajstić information content (AvgIpc) is 2.34. The van der Waals surface area contributed by atoms with Crippen molar-refractivity contribution in [1.82, 2.24) is 5.32 Å². The smallest absolute Gasteiger partial charge is 0.199 e. The maximum atomic E-state index is 5.60. The Hall–Kier alpha value is -1.23. The fourth-order valence-corrected chi connectivity index (χ4v) is 1.26. The molecular weight excluding hydrogens is 160 g/mol. The van der Waals surface area contributed by atoms with Gasteiger partial charge in [0.15, 0.2) is 5.11 Å². The monoisotopic (exact) mass is 166 g/mol. The number of fused-ring (bicyclic) bond motifs is 1. The Bertz CT molecular complexity index is 302. The van der Waals surface area contributed by atoms with E-state index in [1.54, 1.807) is 6.20 Å². The van der Waals surface area contributed by atoms with Gasteiger partial charge in [-0.2, -0.15) is 0 Å². The summed E-state index contributed by atoms with van der Waals surface area (Å²) >= 11 is 4.82. The fourth-order valence-electron chi connectivity index (χ4n) is 1.05. The number of nitrogens with zero attached hydrogens (tertiary/aromatic N) is 2. The third kappa shape index (κ3) is 0.932. The Kier molecular flexibility index (Phi) is 1.25. The predicted octanol–water partition coefficient (Wildman–Crippen LogP) is -0.226. The fraction of sp³-hybridized carbons (Fsp3) is 0.167. The van der Waals surface area contributed by atoms with Crippen molar-refractivity contribution in [3.8, 4) is 0 Å². The van der Waals surface area contributed by atoms with E-state index >= 15 is 0 Å². The largest absolute Gasteiger partial charge is 0.386 e. The molecule has 0 amide bonds. The molecule has 0 unspecified atom stereocenters. The van der Waals surface area contributed by atoms with Crippen molar-refractivity contribution in [3.05, 3.63) is 12.3 Å². The summed E-state index contributed by atoms with van der Waals surface area (Å²) in [4.78, 5) is 7.94. The molecule has 0 aliphatic carbocycles. The predicted molar refractivity (Wildman–Crippen MR) is 47.4 cm³/mol. The van der Waals surface area contributed by atoms with Gasteiger partial charge in [-0.05, 0) is 18.3 Å². The summed E-state index contributed by atoms with van der Waals surface area (Å²) in [5, 5.41) is 3.25. The molecular formula is C6H6N4S. The first kappa shape index (κ1) is 6.48. The molecule has 2 heterocycles. The van der Waals surface area contributed by atoms with Crippen LogP contribution in [0.4, 0.5) is 0 Å². The van der Waals surface area contributed by atoms with Crippen molar-refractivity contribution in [3.63, 3.8) is 0 Å². The lowest BCUT2D eigenvalue weighted by atomic mass is 10.1. The van der Waals surface area contributed by atoms with Crippen molar-refractivity contribution in [2.45, 2.75) is 0 Å². The van der Waals surface area contributed by atoms with E-state index in [-0.39, 0.29) is 5.92 Å². The van der Waals surface area contributed by atoms with Crippen LogP contribution in [0.15, 0.2) is 22.3 Å². The number of nitrogens with two attached hydrogens (primary N) is 1. The minimum absolute atomic E-state index is 0.0155. The summed E-state index contributed by atoms with van der Waals surface area (Å²) in [6.45, 7) is 0. The molecule has 0 aromatic carbocycles. The summed E-state index contributed by atoms with van der Waals surface area (Å²) < 4.78 is 0. The number of aliphatic imine (C=N–C) groups is 2. The van der Waals surface area contributed by atoms with Crippen LogP contribution in [-0.4, -0.2) is 16.8 Å². The Balaban J connectivity index is 2.41. The van der Waals surface area contributed by atoms with E-state index in [9.17, 15) is 0 Å². The molecule has 11 heavy (non-hydrogen) atoms. The highest BCUT2D eigenvalue weighted by Gasteiger charge is 2.25. The SMILES string of the molecule is NC1=NC(=S)NC2=NC=C[C@H]12. The van der Waals surface area contributed by atoms with E-state index in [0.717, 1.165) is 5.84 Å². The number of nitrogens with one attached hydrogen (secondary N) is 1. The van der Waals surface area contributed by atoms with Gasteiger partial charge in [0.1, 0.15) is 11.7 Å². The Morgan fingerprint density at radius 2 is 2.45 bits per heavy atom. The molecule has 0 spiro atoms. The van der Waals surface area contributed by atoms with Crippen LogP contribution in [0.3, 0.4) is 0 Å². The van der Waals surface area contributed by atoms with Crippen LogP contribution < -0.4 is 11.1 Å². The second-order valence-electron chi connectivity index (χ2n) is 2.30. The molecule has 3 N–H and O–H groups in total. The molecule has 0 saturated carbocycles. The van der Waals surface area contributed by atoms with Crippen LogP contribution in [0.5, 0.6) is 0 Å². The quantitative estimate of drug-likeness (QED) is 0.489. The number of rotatable bonds is 0. The highest BCUT2D eigenvalue weighted by molar-refractivity contribution is 7.80. The van der Waals surface area contributed by atoms with Crippen molar-refractivity contribution in [2.75, 3.05) is 0 Å². The molecule has 0 saturated heterocycles. The summed E-state index contributed by atoms with van der Waals surface area (Å²) in [6, 6.07) is 0. The first-order valence-corrected chi connectivity index (χ1v) is 3.57. The Morgan fingerprint density at radius 3 is 3.27 bits per heavy atom. The maximum absolute atomic E-state index is 5.60. The van der Waals surface area contributed by atoms with Crippen LogP contribution in [0.1, 0.15) is 0 Å². The third-order valence-corrected chi connectivity index (χ3v) is 1.76. The molecule has 0 radical (unpaired) electrons. The number of amidine groups is 2. The molecule has 4 nitrogen and oxygen atoms in total. The molecule has 1 atom stereocenters. The highest BCUT2D eigenvalue weighted by atomic mass is 32.1. The van der Waals surface area contributed by atoms with E-state index in [1.807, 2.05) is 6.08 Å². The van der Waals surface area contributed by atoms with Gasteiger partial charge in [0.25, 0.3) is 0 Å². The van der Waals surface area contributed by atoms with Crippen LogP contribution >= 0.6 is 12.2 Å². The van der Waals surface area contributed by atoms with Gasteiger partial charge in [0.2, 0.25) is 0 Å². The second kappa shape index (κ2) is 2.13. The van der Waals surface area contributed by atoms with E-state index in [4.69, 9.17) is 18.0 Å². The molecule has 56 valence electrons. The Labute approximate surface area is 68.9 Å².